The first-order chi connectivity index (χ1) is 8.43. The molecule has 0 aliphatic rings. The van der Waals surface area contributed by atoms with E-state index in [0.29, 0.717) is 0 Å². The van der Waals surface area contributed by atoms with Crippen molar-refractivity contribution in [3.05, 3.63) is 60.2 Å². The van der Waals surface area contributed by atoms with E-state index in [2.05, 4.69) is 40.8 Å². The molecule has 0 aliphatic carbocycles. The third-order valence-electron chi connectivity index (χ3n) is 2.96. The number of hydrogen-bond donors (Lipinski definition) is 2. The van der Waals surface area contributed by atoms with Gasteiger partial charge in [0.2, 0.25) is 0 Å². The molecule has 2 aromatic heterocycles. The summed E-state index contributed by atoms with van der Waals surface area (Å²) in [5, 5.41) is 3.55. The molecule has 0 atom stereocenters. The van der Waals surface area contributed by atoms with Crippen LogP contribution in [0.1, 0.15) is 11.3 Å². The zero-order valence-corrected chi connectivity index (χ0v) is 9.52. The molecule has 0 spiro atoms. The van der Waals surface area contributed by atoms with E-state index in [-0.39, 0.29) is 0 Å². The van der Waals surface area contributed by atoms with Crippen LogP contribution in [0, 0.1) is 0 Å². The van der Waals surface area contributed by atoms with Gasteiger partial charge in [0, 0.05) is 22.7 Å². The van der Waals surface area contributed by atoms with Crippen LogP contribution in [0.25, 0.3) is 10.9 Å². The quantitative estimate of drug-likeness (QED) is 0.703. The van der Waals surface area contributed by atoms with E-state index in [4.69, 9.17) is 4.42 Å². The number of para-hydroxylation sites is 1. The highest BCUT2D eigenvalue weighted by Crippen LogP contribution is 2.16. The number of nitrogens with one attached hydrogen (secondary N) is 1. The molecule has 1 aromatic carbocycles. The highest BCUT2D eigenvalue weighted by molar-refractivity contribution is 5.82. The Morgan fingerprint density at radius 3 is 2.88 bits per heavy atom. The van der Waals surface area contributed by atoms with E-state index in [0.717, 1.165) is 18.8 Å². The topological polar surface area (TPSA) is 45.5 Å². The molecule has 2 heterocycles. The third-order valence-corrected chi connectivity index (χ3v) is 2.96. The van der Waals surface area contributed by atoms with Crippen molar-refractivity contribution >= 4 is 10.9 Å². The minimum atomic E-state index is 0.881. The van der Waals surface area contributed by atoms with Gasteiger partial charge >= 0.3 is 0 Å². The maximum Gasteiger partial charge on any atom is 0.157 e. The molecule has 3 aromatic rings. The number of benzene rings is 1. The molecule has 17 heavy (non-hydrogen) atoms. The highest BCUT2D eigenvalue weighted by Gasteiger charge is 2.04. The summed E-state index contributed by atoms with van der Waals surface area (Å²) in [5.74, 6) is 1.02. The van der Waals surface area contributed by atoms with Crippen molar-refractivity contribution in [3.8, 4) is 0 Å². The molecular formula is C14H15N2O+. The van der Waals surface area contributed by atoms with Crippen LogP contribution in [0.15, 0.2) is 53.3 Å². The summed E-state index contributed by atoms with van der Waals surface area (Å²) < 4.78 is 5.30. The van der Waals surface area contributed by atoms with Gasteiger partial charge in [0.15, 0.2) is 5.76 Å². The molecule has 0 saturated heterocycles. The second-order valence-corrected chi connectivity index (χ2v) is 4.14. The van der Waals surface area contributed by atoms with Crippen LogP contribution < -0.4 is 5.32 Å². The van der Waals surface area contributed by atoms with E-state index >= 15 is 0 Å². The molecule has 3 heteroatoms. The minimum Gasteiger partial charge on any atom is -0.463 e. The van der Waals surface area contributed by atoms with E-state index in [1.807, 2.05) is 12.1 Å². The lowest BCUT2D eigenvalue weighted by molar-refractivity contribution is -0.687. The number of furan rings is 1. The molecule has 86 valence electrons. The van der Waals surface area contributed by atoms with Gasteiger partial charge < -0.3 is 14.7 Å². The van der Waals surface area contributed by atoms with Crippen LogP contribution >= 0.6 is 0 Å². The fraction of sp³-hybridized carbons (Fsp3) is 0.143. The normalized spacial score (nSPS) is 11.1. The number of rotatable bonds is 4. The van der Waals surface area contributed by atoms with Crippen LogP contribution in [0.2, 0.25) is 0 Å². The Morgan fingerprint density at radius 2 is 2.00 bits per heavy atom. The Hall–Kier alpha value is -2.00. The number of fused-ring (bicyclic) bond motifs is 1. The van der Waals surface area contributed by atoms with E-state index in [1.165, 1.54) is 16.5 Å². The number of nitrogens with two attached hydrogens (primary N) is 1. The predicted octanol–water partition coefficient (Wildman–Crippen LogP) is 2.02. The van der Waals surface area contributed by atoms with E-state index in [1.54, 1.807) is 6.26 Å². The van der Waals surface area contributed by atoms with E-state index in [9.17, 15) is 0 Å². The molecule has 0 radical (unpaired) electrons. The maximum absolute atomic E-state index is 5.30. The van der Waals surface area contributed by atoms with Gasteiger partial charge in [-0.15, -0.1) is 0 Å². The maximum atomic E-state index is 5.30. The number of aromatic amines is 1. The molecule has 0 bridgehead atoms. The van der Waals surface area contributed by atoms with Crippen molar-refractivity contribution in [2.75, 3.05) is 0 Å². The van der Waals surface area contributed by atoms with Crippen molar-refractivity contribution < 1.29 is 9.73 Å². The molecule has 0 aliphatic heterocycles. The largest absolute Gasteiger partial charge is 0.463 e. The summed E-state index contributed by atoms with van der Waals surface area (Å²) in [6.07, 6.45) is 3.80. The molecule has 0 amide bonds. The zero-order valence-electron chi connectivity index (χ0n) is 9.52. The SMILES string of the molecule is c1coc(C[NH2+]Cc2c[nH]c3ccccc23)c1. The Bertz CT molecular complexity index is 596. The lowest BCUT2D eigenvalue weighted by Crippen LogP contribution is -2.80. The van der Waals surface area contributed by atoms with Gasteiger partial charge in [0.25, 0.3) is 0 Å². The monoisotopic (exact) mass is 227 g/mol. The van der Waals surface area contributed by atoms with Gasteiger partial charge in [-0.25, -0.2) is 0 Å². The van der Waals surface area contributed by atoms with Crippen LogP contribution in [0.3, 0.4) is 0 Å². The number of aromatic nitrogens is 1. The molecule has 3 nitrogen and oxygen atoms in total. The first-order valence-electron chi connectivity index (χ1n) is 5.82. The smallest absolute Gasteiger partial charge is 0.157 e. The van der Waals surface area contributed by atoms with Gasteiger partial charge in [-0.1, -0.05) is 18.2 Å². The van der Waals surface area contributed by atoms with Crippen molar-refractivity contribution in [1.29, 1.82) is 0 Å². The molecule has 3 N–H and O–H groups in total. The fourth-order valence-electron chi connectivity index (χ4n) is 2.10. The number of quaternary nitrogens is 1. The summed E-state index contributed by atoms with van der Waals surface area (Å²) in [6, 6.07) is 12.3. The average Bonchev–Trinajstić information content (AvgIpc) is 2.99. The van der Waals surface area contributed by atoms with Gasteiger partial charge in [-0.3, -0.25) is 0 Å². The molecular weight excluding hydrogens is 212 g/mol. The summed E-state index contributed by atoms with van der Waals surface area (Å²) >= 11 is 0. The van der Waals surface area contributed by atoms with Crippen LogP contribution in [-0.2, 0) is 13.1 Å². The summed E-state index contributed by atoms with van der Waals surface area (Å²) in [6.45, 7) is 1.84. The van der Waals surface area contributed by atoms with Crippen LogP contribution in [0.5, 0.6) is 0 Å². The molecule has 0 fully saturated rings. The van der Waals surface area contributed by atoms with Crippen molar-refractivity contribution in [3.63, 3.8) is 0 Å². The molecule has 0 unspecified atom stereocenters. The predicted molar refractivity (Wildman–Crippen MR) is 66.3 cm³/mol. The van der Waals surface area contributed by atoms with E-state index < -0.39 is 0 Å². The lowest BCUT2D eigenvalue weighted by atomic mass is 10.2. The fourth-order valence-corrected chi connectivity index (χ4v) is 2.10. The Labute approximate surface area is 99.5 Å². The minimum absolute atomic E-state index is 0.881. The van der Waals surface area contributed by atoms with Crippen LogP contribution in [-0.4, -0.2) is 4.98 Å². The third kappa shape index (κ3) is 2.10. The Kier molecular flexibility index (Phi) is 2.68. The Morgan fingerprint density at radius 1 is 1.06 bits per heavy atom. The second kappa shape index (κ2) is 4.47. The first kappa shape index (κ1) is 10.2. The van der Waals surface area contributed by atoms with Crippen molar-refractivity contribution in [2.24, 2.45) is 0 Å². The van der Waals surface area contributed by atoms with Gasteiger partial charge in [0.05, 0.1) is 6.26 Å². The van der Waals surface area contributed by atoms with Crippen LogP contribution in [0.4, 0.5) is 0 Å². The summed E-state index contributed by atoms with van der Waals surface area (Å²) in [5.41, 5.74) is 2.54. The second-order valence-electron chi connectivity index (χ2n) is 4.14. The van der Waals surface area contributed by atoms with Gasteiger partial charge in [-0.05, 0) is 18.2 Å². The average molecular weight is 227 g/mol. The Balaban J connectivity index is 1.69. The summed E-state index contributed by atoms with van der Waals surface area (Å²) in [7, 11) is 0. The zero-order chi connectivity index (χ0) is 11.5. The standard InChI is InChI=1S/C14H14N2O/c1-2-6-14-13(5-1)11(9-16-14)8-15-10-12-4-3-7-17-12/h1-7,9,15-16H,8,10H2/p+1. The number of H-pyrrole nitrogens is 1. The van der Waals surface area contributed by atoms with Gasteiger partial charge in [0.1, 0.15) is 13.1 Å². The van der Waals surface area contributed by atoms with Crippen molar-refractivity contribution in [1.82, 2.24) is 4.98 Å². The summed E-state index contributed by atoms with van der Waals surface area (Å²) in [4.78, 5) is 3.29. The number of hydrogen-bond acceptors (Lipinski definition) is 1. The molecule has 3 rings (SSSR count). The van der Waals surface area contributed by atoms with Gasteiger partial charge in [-0.2, -0.15) is 0 Å². The lowest BCUT2D eigenvalue weighted by Gasteiger charge is -1.98. The highest BCUT2D eigenvalue weighted by atomic mass is 16.3. The first-order valence-corrected chi connectivity index (χ1v) is 5.82. The molecule has 0 saturated carbocycles. The van der Waals surface area contributed by atoms with Crippen molar-refractivity contribution in [2.45, 2.75) is 13.1 Å².